The number of aliphatic hydroxyl groups is 1. The lowest BCUT2D eigenvalue weighted by atomic mass is 10.3. The van der Waals surface area contributed by atoms with Crippen molar-refractivity contribution in [2.75, 3.05) is 25.5 Å². The Morgan fingerprint density at radius 1 is 1.56 bits per heavy atom. The van der Waals surface area contributed by atoms with Gasteiger partial charge in [-0.05, 0) is 16.8 Å². The average molecular weight is 275 g/mol. The van der Waals surface area contributed by atoms with Crippen molar-refractivity contribution in [3.63, 3.8) is 0 Å². The Hall–Kier alpha value is -0.700. The van der Waals surface area contributed by atoms with Gasteiger partial charge >= 0.3 is 0 Å². The van der Waals surface area contributed by atoms with E-state index in [4.69, 9.17) is 10.5 Å². The van der Waals surface area contributed by atoms with Gasteiger partial charge in [-0.3, -0.25) is 0 Å². The Morgan fingerprint density at radius 3 is 3.11 bits per heavy atom. The summed E-state index contributed by atoms with van der Waals surface area (Å²) in [6.45, 7) is 4.22. The lowest BCUT2D eigenvalue weighted by Crippen LogP contribution is -2.19. The fraction of sp³-hybridized carbons (Fsp3) is 0.900. The summed E-state index contributed by atoms with van der Waals surface area (Å²) >= 11 is 1.41. The van der Waals surface area contributed by atoms with Gasteiger partial charge in [-0.1, -0.05) is 25.1 Å². The lowest BCUT2D eigenvalue weighted by molar-refractivity contribution is 0.0473. The molecule has 0 radical (unpaired) electrons. The SMILES string of the molecule is CCCCOCC(O)CSc1nnnn1CCN. The Labute approximate surface area is 111 Å². The fourth-order valence-corrected chi connectivity index (χ4v) is 2.06. The molecule has 3 N–H and O–H groups in total. The van der Waals surface area contributed by atoms with Gasteiger partial charge in [0, 0.05) is 18.9 Å². The van der Waals surface area contributed by atoms with Crippen molar-refractivity contribution in [3.8, 4) is 0 Å². The molecule has 18 heavy (non-hydrogen) atoms. The van der Waals surface area contributed by atoms with Crippen LogP contribution in [0.15, 0.2) is 5.16 Å². The maximum absolute atomic E-state index is 9.72. The largest absolute Gasteiger partial charge is 0.390 e. The molecule has 1 rings (SSSR count). The van der Waals surface area contributed by atoms with Crippen molar-refractivity contribution in [1.29, 1.82) is 0 Å². The number of ether oxygens (including phenoxy) is 1. The van der Waals surface area contributed by atoms with Crippen LogP contribution in [0.3, 0.4) is 0 Å². The molecule has 7 nitrogen and oxygen atoms in total. The first-order valence-electron chi connectivity index (χ1n) is 6.12. The molecule has 0 saturated heterocycles. The lowest BCUT2D eigenvalue weighted by Gasteiger charge is -2.10. The summed E-state index contributed by atoms with van der Waals surface area (Å²) in [5.41, 5.74) is 5.44. The summed E-state index contributed by atoms with van der Waals surface area (Å²) in [5.74, 6) is 0.511. The molecule has 8 heteroatoms. The molecular formula is C10H21N5O2S. The zero-order valence-electron chi connectivity index (χ0n) is 10.7. The molecule has 1 unspecified atom stereocenters. The number of aromatic nitrogens is 4. The zero-order valence-corrected chi connectivity index (χ0v) is 11.5. The van der Waals surface area contributed by atoms with E-state index in [0.29, 0.717) is 37.2 Å². The van der Waals surface area contributed by atoms with E-state index in [2.05, 4.69) is 22.4 Å². The van der Waals surface area contributed by atoms with Gasteiger partial charge in [0.15, 0.2) is 0 Å². The number of hydrogen-bond donors (Lipinski definition) is 2. The number of rotatable bonds is 10. The van der Waals surface area contributed by atoms with Crippen molar-refractivity contribution in [1.82, 2.24) is 20.2 Å². The van der Waals surface area contributed by atoms with Gasteiger partial charge in [-0.15, -0.1) is 5.10 Å². The summed E-state index contributed by atoms with van der Waals surface area (Å²) < 4.78 is 6.98. The normalized spacial score (nSPS) is 12.8. The first-order valence-corrected chi connectivity index (χ1v) is 7.11. The molecule has 0 amide bonds. The molecule has 1 heterocycles. The zero-order chi connectivity index (χ0) is 13.2. The molecule has 1 aromatic heterocycles. The maximum atomic E-state index is 9.72. The van der Waals surface area contributed by atoms with E-state index in [1.807, 2.05) is 0 Å². The molecule has 0 aliphatic carbocycles. The molecule has 104 valence electrons. The Morgan fingerprint density at radius 2 is 2.39 bits per heavy atom. The van der Waals surface area contributed by atoms with Crippen LogP contribution in [0, 0.1) is 0 Å². The van der Waals surface area contributed by atoms with Gasteiger partial charge in [-0.2, -0.15) is 0 Å². The van der Waals surface area contributed by atoms with Gasteiger partial charge in [-0.25, -0.2) is 4.68 Å². The second-order valence-corrected chi connectivity index (χ2v) is 4.85. The molecule has 0 aromatic carbocycles. The third kappa shape index (κ3) is 5.76. The maximum Gasteiger partial charge on any atom is 0.209 e. The van der Waals surface area contributed by atoms with E-state index in [1.165, 1.54) is 11.8 Å². The van der Waals surface area contributed by atoms with Crippen molar-refractivity contribution in [2.24, 2.45) is 5.73 Å². The average Bonchev–Trinajstić information content (AvgIpc) is 2.80. The summed E-state index contributed by atoms with van der Waals surface area (Å²) in [4.78, 5) is 0. The predicted molar refractivity (Wildman–Crippen MR) is 69.3 cm³/mol. The van der Waals surface area contributed by atoms with E-state index in [9.17, 15) is 5.11 Å². The number of unbranched alkanes of at least 4 members (excludes halogenated alkanes) is 1. The highest BCUT2D eigenvalue weighted by Gasteiger charge is 2.10. The number of nitrogens with two attached hydrogens (primary N) is 1. The summed E-state index contributed by atoms with van der Waals surface area (Å²) in [5, 5.41) is 21.7. The smallest absolute Gasteiger partial charge is 0.209 e. The summed E-state index contributed by atoms with van der Waals surface area (Å²) in [6.07, 6.45) is 1.61. The van der Waals surface area contributed by atoms with Crippen molar-refractivity contribution < 1.29 is 9.84 Å². The van der Waals surface area contributed by atoms with Gasteiger partial charge in [0.05, 0.1) is 19.3 Å². The highest BCUT2D eigenvalue weighted by Crippen LogP contribution is 2.14. The van der Waals surface area contributed by atoms with Crippen LogP contribution in [0.5, 0.6) is 0 Å². The number of nitrogens with zero attached hydrogens (tertiary/aromatic N) is 4. The summed E-state index contributed by atoms with van der Waals surface area (Å²) in [6, 6.07) is 0. The molecule has 0 spiro atoms. The van der Waals surface area contributed by atoms with Crippen LogP contribution >= 0.6 is 11.8 Å². The number of hydrogen-bond acceptors (Lipinski definition) is 7. The third-order valence-electron chi connectivity index (χ3n) is 2.20. The van der Waals surface area contributed by atoms with Crippen LogP contribution in [-0.4, -0.2) is 56.9 Å². The molecule has 0 fully saturated rings. The van der Waals surface area contributed by atoms with Gasteiger partial charge in [0.1, 0.15) is 0 Å². The Kier molecular flexibility index (Phi) is 7.90. The molecule has 1 atom stereocenters. The van der Waals surface area contributed by atoms with E-state index >= 15 is 0 Å². The minimum atomic E-state index is -0.505. The minimum absolute atomic E-state index is 0.353. The van der Waals surface area contributed by atoms with Crippen molar-refractivity contribution in [3.05, 3.63) is 0 Å². The van der Waals surface area contributed by atoms with Crippen LogP contribution in [0.2, 0.25) is 0 Å². The second kappa shape index (κ2) is 9.26. The quantitative estimate of drug-likeness (QED) is 0.454. The standard InChI is InChI=1S/C10H21N5O2S/c1-2-3-6-17-7-9(16)8-18-10-12-13-14-15(10)5-4-11/h9,16H,2-8,11H2,1H3. The highest BCUT2D eigenvalue weighted by molar-refractivity contribution is 7.99. The van der Waals surface area contributed by atoms with E-state index in [-0.39, 0.29) is 0 Å². The van der Waals surface area contributed by atoms with Gasteiger partial charge in [0.25, 0.3) is 0 Å². The summed E-state index contributed by atoms with van der Waals surface area (Å²) in [7, 11) is 0. The van der Waals surface area contributed by atoms with Gasteiger partial charge < -0.3 is 15.6 Å². The van der Waals surface area contributed by atoms with Crippen molar-refractivity contribution >= 4 is 11.8 Å². The highest BCUT2D eigenvalue weighted by atomic mass is 32.2. The first-order chi connectivity index (χ1) is 8.77. The Bertz CT molecular complexity index is 323. The molecule has 0 aliphatic heterocycles. The number of thioether (sulfide) groups is 1. The first kappa shape index (κ1) is 15.4. The molecule has 0 aliphatic rings. The minimum Gasteiger partial charge on any atom is -0.390 e. The predicted octanol–water partition coefficient (Wildman–Crippen LogP) is -0.0985. The van der Waals surface area contributed by atoms with E-state index in [0.717, 1.165) is 12.8 Å². The van der Waals surface area contributed by atoms with E-state index in [1.54, 1.807) is 4.68 Å². The van der Waals surface area contributed by atoms with Gasteiger partial charge in [0.2, 0.25) is 5.16 Å². The van der Waals surface area contributed by atoms with Crippen LogP contribution in [0.4, 0.5) is 0 Å². The number of aliphatic hydroxyl groups excluding tert-OH is 1. The van der Waals surface area contributed by atoms with Crippen LogP contribution in [0.1, 0.15) is 19.8 Å². The van der Waals surface area contributed by atoms with Crippen LogP contribution < -0.4 is 5.73 Å². The van der Waals surface area contributed by atoms with Crippen LogP contribution in [0.25, 0.3) is 0 Å². The monoisotopic (exact) mass is 275 g/mol. The molecule has 1 aromatic rings. The fourth-order valence-electron chi connectivity index (χ4n) is 1.25. The van der Waals surface area contributed by atoms with Crippen molar-refractivity contribution in [2.45, 2.75) is 37.6 Å². The topological polar surface area (TPSA) is 99.1 Å². The second-order valence-electron chi connectivity index (χ2n) is 3.87. The van der Waals surface area contributed by atoms with E-state index < -0.39 is 6.10 Å². The molecule has 0 saturated carbocycles. The number of tetrazole rings is 1. The molecule has 0 bridgehead atoms. The third-order valence-corrected chi connectivity index (χ3v) is 3.30. The molecular weight excluding hydrogens is 254 g/mol. The van der Waals surface area contributed by atoms with Crippen LogP contribution in [-0.2, 0) is 11.3 Å². The Balaban J connectivity index is 2.20.